The van der Waals surface area contributed by atoms with E-state index in [9.17, 15) is 31.9 Å². The smallest absolute Gasteiger partial charge is 0.433 e. The molecule has 3 rings (SSSR count). The average Bonchev–Trinajstić information content (AvgIpc) is 3.17. The first-order valence-corrected chi connectivity index (χ1v) is 10.9. The van der Waals surface area contributed by atoms with Crippen LogP contribution in [0, 0.1) is 0 Å². The van der Waals surface area contributed by atoms with Crippen LogP contribution < -0.4 is 11.1 Å². The molecular weight excluding hydrogens is 486 g/mol. The molecule has 9 nitrogen and oxygen atoms in total. The van der Waals surface area contributed by atoms with Gasteiger partial charge in [-0.1, -0.05) is 6.07 Å². The Morgan fingerprint density at radius 2 is 1.86 bits per heavy atom. The second-order valence-electron chi connectivity index (χ2n) is 9.21. The van der Waals surface area contributed by atoms with Crippen LogP contribution >= 0.6 is 0 Å². The van der Waals surface area contributed by atoms with Gasteiger partial charge in [-0.25, -0.2) is 9.18 Å². The third kappa shape index (κ3) is 6.46. The third-order valence-corrected chi connectivity index (χ3v) is 5.22. The highest BCUT2D eigenvalue weighted by molar-refractivity contribution is 5.99. The minimum Gasteiger partial charge on any atom is -0.444 e. The van der Waals surface area contributed by atoms with E-state index in [4.69, 9.17) is 10.5 Å². The van der Waals surface area contributed by atoms with Crippen molar-refractivity contribution in [2.45, 2.75) is 57.7 Å². The Bertz CT molecular complexity index is 1150. The van der Waals surface area contributed by atoms with Crippen molar-refractivity contribution in [3.8, 4) is 11.1 Å². The van der Waals surface area contributed by atoms with Gasteiger partial charge >= 0.3 is 12.3 Å². The highest BCUT2D eigenvalue weighted by atomic mass is 19.4. The summed E-state index contributed by atoms with van der Waals surface area (Å²) in [5.74, 6) is -1.50. The van der Waals surface area contributed by atoms with E-state index in [-0.39, 0.29) is 41.9 Å². The molecule has 0 bridgehead atoms. The third-order valence-electron chi connectivity index (χ3n) is 5.22. The molecule has 2 atom stereocenters. The number of nitrogens with two attached hydrogens (primary N) is 1. The lowest BCUT2D eigenvalue weighted by Crippen LogP contribution is -2.47. The van der Waals surface area contributed by atoms with Crippen molar-refractivity contribution in [1.29, 1.82) is 0 Å². The molecule has 194 valence electrons. The second kappa shape index (κ2) is 10.1. The van der Waals surface area contributed by atoms with Crippen LogP contribution in [-0.2, 0) is 22.3 Å². The van der Waals surface area contributed by atoms with E-state index < -0.39 is 47.6 Å². The molecule has 36 heavy (non-hydrogen) atoms. The maximum absolute atomic E-state index is 14.0. The number of ether oxygens (including phenoxy) is 1. The van der Waals surface area contributed by atoms with E-state index in [0.29, 0.717) is 0 Å². The van der Waals surface area contributed by atoms with Crippen LogP contribution in [0.15, 0.2) is 30.6 Å². The van der Waals surface area contributed by atoms with Crippen LogP contribution in [0.2, 0.25) is 0 Å². The van der Waals surface area contributed by atoms with Gasteiger partial charge < -0.3 is 15.8 Å². The lowest BCUT2D eigenvalue weighted by atomic mass is 10.0. The Labute approximate surface area is 204 Å². The fourth-order valence-electron chi connectivity index (χ4n) is 3.60. The SMILES string of the molecule is CC(C)(C)OC(=O)N1C[C@H](F)C[C@H]1C(=O)NCc1cc(-c2ccc(C(F)(F)F)nc2)c(C(N)=O)cn1. The molecule has 1 aliphatic heterocycles. The average molecular weight is 511 g/mol. The lowest BCUT2D eigenvalue weighted by molar-refractivity contribution is -0.141. The molecule has 0 spiro atoms. The van der Waals surface area contributed by atoms with Crippen molar-refractivity contribution in [2.24, 2.45) is 5.73 Å². The number of amides is 3. The summed E-state index contributed by atoms with van der Waals surface area (Å²) in [6.45, 7) is 4.48. The van der Waals surface area contributed by atoms with E-state index in [2.05, 4.69) is 15.3 Å². The molecule has 0 saturated carbocycles. The minimum absolute atomic E-state index is 0.0567. The number of carbonyl (C=O) groups excluding carboxylic acids is 3. The van der Waals surface area contributed by atoms with E-state index >= 15 is 0 Å². The number of rotatable bonds is 5. The molecule has 3 N–H and O–H groups in total. The molecule has 2 aromatic rings. The number of halogens is 4. The van der Waals surface area contributed by atoms with Crippen molar-refractivity contribution in [2.75, 3.05) is 6.54 Å². The van der Waals surface area contributed by atoms with Crippen molar-refractivity contribution in [3.05, 3.63) is 47.5 Å². The zero-order chi connectivity index (χ0) is 26.8. The van der Waals surface area contributed by atoms with Crippen molar-refractivity contribution >= 4 is 17.9 Å². The predicted octanol–water partition coefficient (Wildman–Crippen LogP) is 3.23. The quantitative estimate of drug-likeness (QED) is 0.594. The molecule has 0 radical (unpaired) electrons. The number of aromatic nitrogens is 2. The molecule has 1 fully saturated rings. The van der Waals surface area contributed by atoms with Crippen molar-refractivity contribution in [1.82, 2.24) is 20.2 Å². The monoisotopic (exact) mass is 511 g/mol. The summed E-state index contributed by atoms with van der Waals surface area (Å²) < 4.78 is 57.8. The predicted molar refractivity (Wildman–Crippen MR) is 119 cm³/mol. The van der Waals surface area contributed by atoms with Crippen LogP contribution in [0.4, 0.5) is 22.4 Å². The molecule has 0 unspecified atom stereocenters. The van der Waals surface area contributed by atoms with E-state index in [1.54, 1.807) is 20.8 Å². The van der Waals surface area contributed by atoms with E-state index in [1.165, 1.54) is 6.07 Å². The Kier molecular flexibility index (Phi) is 7.51. The van der Waals surface area contributed by atoms with Gasteiger partial charge in [0.2, 0.25) is 5.91 Å². The molecule has 1 saturated heterocycles. The Morgan fingerprint density at radius 3 is 2.42 bits per heavy atom. The number of primary amides is 1. The Hall–Kier alpha value is -3.77. The van der Waals surface area contributed by atoms with Gasteiger partial charge in [0, 0.05) is 24.4 Å². The maximum atomic E-state index is 14.0. The summed E-state index contributed by atoms with van der Waals surface area (Å²) in [6.07, 6.45) is -4.97. The largest absolute Gasteiger partial charge is 0.444 e. The van der Waals surface area contributed by atoms with Gasteiger partial charge in [-0.15, -0.1) is 0 Å². The number of hydrogen-bond donors (Lipinski definition) is 2. The lowest BCUT2D eigenvalue weighted by Gasteiger charge is -2.27. The first-order valence-electron chi connectivity index (χ1n) is 10.9. The van der Waals surface area contributed by atoms with Gasteiger partial charge in [-0.2, -0.15) is 13.2 Å². The van der Waals surface area contributed by atoms with Crippen LogP contribution in [0.1, 0.15) is 48.9 Å². The van der Waals surface area contributed by atoms with E-state index in [0.717, 1.165) is 29.4 Å². The fraction of sp³-hybridized carbons (Fsp3) is 0.435. The highest BCUT2D eigenvalue weighted by Crippen LogP contribution is 2.30. The molecule has 3 amide bonds. The molecule has 0 aliphatic carbocycles. The van der Waals surface area contributed by atoms with Crippen molar-refractivity contribution < 1.29 is 36.7 Å². The Morgan fingerprint density at radius 1 is 1.17 bits per heavy atom. The van der Waals surface area contributed by atoms with Gasteiger partial charge in [0.15, 0.2) is 0 Å². The van der Waals surface area contributed by atoms with Gasteiger partial charge in [-0.05, 0) is 38.5 Å². The number of hydrogen-bond acceptors (Lipinski definition) is 6. The molecular formula is C23H25F4N5O4. The number of alkyl halides is 4. The fourth-order valence-corrected chi connectivity index (χ4v) is 3.60. The summed E-state index contributed by atoms with van der Waals surface area (Å²) in [7, 11) is 0. The Balaban J connectivity index is 1.78. The number of pyridine rings is 2. The van der Waals surface area contributed by atoms with Crippen LogP contribution in [0.5, 0.6) is 0 Å². The van der Waals surface area contributed by atoms with Crippen molar-refractivity contribution in [3.63, 3.8) is 0 Å². The summed E-state index contributed by atoms with van der Waals surface area (Å²) in [6, 6.07) is 2.18. The normalized spacial score (nSPS) is 18.1. The van der Waals surface area contributed by atoms with Crippen LogP contribution in [-0.4, -0.2) is 57.1 Å². The number of nitrogens with zero attached hydrogens (tertiary/aromatic N) is 3. The summed E-state index contributed by atoms with van der Waals surface area (Å²) in [5, 5.41) is 2.57. The number of carbonyl (C=O) groups is 3. The second-order valence-corrected chi connectivity index (χ2v) is 9.21. The zero-order valence-electron chi connectivity index (χ0n) is 19.7. The van der Waals surface area contributed by atoms with Crippen LogP contribution in [0.25, 0.3) is 11.1 Å². The van der Waals surface area contributed by atoms with E-state index in [1.807, 2.05) is 0 Å². The molecule has 3 heterocycles. The van der Waals surface area contributed by atoms with Gasteiger partial charge in [0.05, 0.1) is 24.3 Å². The molecule has 1 aliphatic rings. The van der Waals surface area contributed by atoms with Gasteiger partial charge in [-0.3, -0.25) is 24.5 Å². The maximum Gasteiger partial charge on any atom is 0.433 e. The highest BCUT2D eigenvalue weighted by Gasteiger charge is 2.41. The summed E-state index contributed by atoms with van der Waals surface area (Å²) in [5.41, 5.74) is 3.97. The molecule has 13 heteroatoms. The summed E-state index contributed by atoms with van der Waals surface area (Å²) in [4.78, 5) is 45.5. The number of nitrogens with one attached hydrogen (secondary N) is 1. The zero-order valence-corrected chi connectivity index (χ0v) is 19.7. The van der Waals surface area contributed by atoms with Gasteiger partial charge in [0.25, 0.3) is 5.91 Å². The first-order chi connectivity index (χ1) is 16.7. The topological polar surface area (TPSA) is 128 Å². The molecule has 0 aromatic carbocycles. The summed E-state index contributed by atoms with van der Waals surface area (Å²) >= 11 is 0. The molecule has 2 aromatic heterocycles. The van der Waals surface area contributed by atoms with Crippen LogP contribution in [0.3, 0.4) is 0 Å². The number of likely N-dealkylation sites (tertiary alicyclic amines) is 1. The standard InChI is InChI=1S/C23H25F4N5O4/c1-22(2,3)36-21(35)32-11-13(24)6-17(32)20(34)31-9-14-7-15(16(10-29-14)19(28)33)12-4-5-18(30-8-12)23(25,26)27/h4-5,7-8,10,13,17H,6,9,11H2,1-3H3,(H2,28,33)(H,31,34)/t13-,17+/m1/s1. The first kappa shape index (κ1) is 26.8. The minimum atomic E-state index is -4.63. The van der Waals surface area contributed by atoms with Gasteiger partial charge in [0.1, 0.15) is 23.5 Å².